The average Bonchev–Trinajstić information content (AvgIpc) is 2.28. The van der Waals surface area contributed by atoms with E-state index in [0.29, 0.717) is 6.61 Å². The molecule has 4 nitrogen and oxygen atoms in total. The number of nitrogens with zero attached hydrogens (tertiary/aromatic N) is 1. The van der Waals surface area contributed by atoms with E-state index in [1.807, 2.05) is 0 Å². The minimum absolute atomic E-state index is 0.0338. The Labute approximate surface area is 103 Å². The van der Waals surface area contributed by atoms with Gasteiger partial charge in [0.05, 0.1) is 19.1 Å². The van der Waals surface area contributed by atoms with Crippen molar-refractivity contribution in [2.24, 2.45) is 5.92 Å². The molecule has 0 spiro atoms. The van der Waals surface area contributed by atoms with E-state index < -0.39 is 5.97 Å². The molecule has 98 valence electrons. The number of hydrogen-bond donors (Lipinski definition) is 1. The van der Waals surface area contributed by atoms with Gasteiger partial charge in [0.1, 0.15) is 0 Å². The highest BCUT2D eigenvalue weighted by molar-refractivity contribution is 5.71. The minimum atomic E-state index is -0.628. The first-order valence-corrected chi connectivity index (χ1v) is 6.60. The molecule has 2 aliphatic rings. The molecule has 1 saturated heterocycles. The van der Waals surface area contributed by atoms with Gasteiger partial charge in [0.15, 0.2) is 0 Å². The molecule has 2 atom stereocenters. The van der Waals surface area contributed by atoms with Crippen LogP contribution in [0.5, 0.6) is 0 Å². The molecule has 17 heavy (non-hydrogen) atoms. The van der Waals surface area contributed by atoms with E-state index in [9.17, 15) is 9.90 Å². The number of carboxylic acid groups (broad SMARTS) is 1. The Morgan fingerprint density at radius 3 is 2.71 bits per heavy atom. The standard InChI is InChI=1S/C13H23NO3/c1-13(2)9-17-8-7-14(13)11-6-4-3-5-10(11)12(15)16/h10-11H,3-9H2,1-2H3,(H,15,16). The van der Waals surface area contributed by atoms with Gasteiger partial charge in [0.2, 0.25) is 0 Å². The molecule has 1 aliphatic heterocycles. The van der Waals surface area contributed by atoms with Crippen molar-refractivity contribution >= 4 is 5.97 Å². The van der Waals surface area contributed by atoms with Crippen LogP contribution in [-0.2, 0) is 9.53 Å². The van der Waals surface area contributed by atoms with Crippen molar-refractivity contribution in [1.82, 2.24) is 4.90 Å². The molecule has 4 heteroatoms. The van der Waals surface area contributed by atoms with E-state index in [1.165, 1.54) is 0 Å². The molecule has 1 N–H and O–H groups in total. The minimum Gasteiger partial charge on any atom is -0.481 e. The fourth-order valence-corrected chi connectivity index (χ4v) is 3.26. The van der Waals surface area contributed by atoms with Gasteiger partial charge in [-0.25, -0.2) is 0 Å². The Balaban J connectivity index is 2.14. The van der Waals surface area contributed by atoms with E-state index in [4.69, 9.17) is 4.74 Å². The summed E-state index contributed by atoms with van der Waals surface area (Å²) in [4.78, 5) is 13.7. The van der Waals surface area contributed by atoms with Crippen LogP contribution in [-0.4, -0.2) is 47.3 Å². The highest BCUT2D eigenvalue weighted by Crippen LogP contribution is 2.34. The van der Waals surface area contributed by atoms with Crippen LogP contribution in [0.4, 0.5) is 0 Å². The summed E-state index contributed by atoms with van der Waals surface area (Å²) < 4.78 is 5.51. The molecule has 2 rings (SSSR count). The number of aliphatic carboxylic acids is 1. The highest BCUT2D eigenvalue weighted by atomic mass is 16.5. The second-order valence-electron chi connectivity index (χ2n) is 5.85. The summed E-state index contributed by atoms with van der Waals surface area (Å²) in [6.45, 7) is 6.60. The van der Waals surface area contributed by atoms with Crippen molar-refractivity contribution in [3.8, 4) is 0 Å². The Morgan fingerprint density at radius 2 is 2.06 bits per heavy atom. The van der Waals surface area contributed by atoms with Crippen molar-refractivity contribution in [3.05, 3.63) is 0 Å². The molecular weight excluding hydrogens is 218 g/mol. The number of hydrogen-bond acceptors (Lipinski definition) is 3. The fraction of sp³-hybridized carbons (Fsp3) is 0.923. The first-order valence-electron chi connectivity index (χ1n) is 6.60. The highest BCUT2D eigenvalue weighted by Gasteiger charge is 2.42. The Hall–Kier alpha value is -0.610. The first kappa shape index (κ1) is 12.8. The number of carboxylic acids is 1. The number of ether oxygens (including phenoxy) is 1. The van der Waals surface area contributed by atoms with E-state index in [-0.39, 0.29) is 17.5 Å². The van der Waals surface area contributed by atoms with Gasteiger partial charge in [-0.05, 0) is 26.7 Å². The van der Waals surface area contributed by atoms with Crippen LogP contribution in [0.1, 0.15) is 39.5 Å². The van der Waals surface area contributed by atoms with E-state index in [0.717, 1.165) is 38.8 Å². The van der Waals surface area contributed by atoms with Crippen LogP contribution < -0.4 is 0 Å². The van der Waals surface area contributed by atoms with Gasteiger partial charge in [0.25, 0.3) is 0 Å². The summed E-state index contributed by atoms with van der Waals surface area (Å²) >= 11 is 0. The van der Waals surface area contributed by atoms with E-state index >= 15 is 0 Å². The van der Waals surface area contributed by atoms with Crippen molar-refractivity contribution in [2.75, 3.05) is 19.8 Å². The summed E-state index contributed by atoms with van der Waals surface area (Å²) in [5.74, 6) is -0.821. The lowest BCUT2D eigenvalue weighted by Gasteiger charge is -2.49. The van der Waals surface area contributed by atoms with Gasteiger partial charge in [-0.2, -0.15) is 0 Å². The van der Waals surface area contributed by atoms with Crippen molar-refractivity contribution in [1.29, 1.82) is 0 Å². The lowest BCUT2D eigenvalue weighted by molar-refractivity contribution is -0.150. The third-order valence-electron chi connectivity index (χ3n) is 4.16. The molecule has 0 aromatic carbocycles. The van der Waals surface area contributed by atoms with Crippen LogP contribution in [0.25, 0.3) is 0 Å². The van der Waals surface area contributed by atoms with Crippen LogP contribution in [0.15, 0.2) is 0 Å². The van der Waals surface area contributed by atoms with Gasteiger partial charge >= 0.3 is 5.97 Å². The second kappa shape index (κ2) is 4.94. The molecule has 0 amide bonds. The smallest absolute Gasteiger partial charge is 0.308 e. The van der Waals surface area contributed by atoms with Crippen LogP contribution >= 0.6 is 0 Å². The van der Waals surface area contributed by atoms with Gasteiger partial charge in [0, 0.05) is 18.1 Å². The molecular formula is C13H23NO3. The number of carbonyl (C=O) groups is 1. The largest absolute Gasteiger partial charge is 0.481 e. The number of rotatable bonds is 2. The summed E-state index contributed by atoms with van der Waals surface area (Å²) in [5.41, 5.74) is -0.0338. The zero-order valence-electron chi connectivity index (χ0n) is 10.8. The summed E-state index contributed by atoms with van der Waals surface area (Å²) in [6.07, 6.45) is 4.05. The zero-order chi connectivity index (χ0) is 12.5. The maximum atomic E-state index is 11.4. The van der Waals surface area contributed by atoms with Crippen molar-refractivity contribution in [3.63, 3.8) is 0 Å². The Kier molecular flexibility index (Phi) is 3.73. The predicted octanol–water partition coefficient (Wildman–Crippen LogP) is 1.74. The molecule has 1 heterocycles. The average molecular weight is 241 g/mol. The third-order valence-corrected chi connectivity index (χ3v) is 4.16. The molecule has 2 fully saturated rings. The molecule has 0 radical (unpaired) electrons. The number of morpholine rings is 1. The topological polar surface area (TPSA) is 49.8 Å². The van der Waals surface area contributed by atoms with Crippen molar-refractivity contribution < 1.29 is 14.6 Å². The summed E-state index contributed by atoms with van der Waals surface area (Å²) in [7, 11) is 0. The monoisotopic (exact) mass is 241 g/mol. The van der Waals surface area contributed by atoms with Crippen LogP contribution in [0.3, 0.4) is 0 Å². The van der Waals surface area contributed by atoms with Crippen LogP contribution in [0, 0.1) is 5.92 Å². The maximum Gasteiger partial charge on any atom is 0.308 e. The Bertz CT molecular complexity index is 290. The third kappa shape index (κ3) is 2.63. The lowest BCUT2D eigenvalue weighted by atomic mass is 9.81. The van der Waals surface area contributed by atoms with Gasteiger partial charge in [-0.15, -0.1) is 0 Å². The molecule has 2 unspecified atom stereocenters. The van der Waals surface area contributed by atoms with E-state index in [1.54, 1.807) is 0 Å². The molecule has 1 aliphatic carbocycles. The predicted molar refractivity (Wildman–Crippen MR) is 65.0 cm³/mol. The SMILES string of the molecule is CC1(C)COCCN1C1CCCCC1C(=O)O. The normalized spacial score (nSPS) is 34.5. The lowest BCUT2D eigenvalue weighted by Crippen LogP contribution is -2.60. The molecule has 0 bridgehead atoms. The summed E-state index contributed by atoms with van der Waals surface area (Å²) in [6, 6.07) is 0.195. The van der Waals surface area contributed by atoms with Crippen LogP contribution in [0.2, 0.25) is 0 Å². The van der Waals surface area contributed by atoms with Gasteiger partial charge in [-0.1, -0.05) is 12.8 Å². The Morgan fingerprint density at radius 1 is 1.35 bits per heavy atom. The molecule has 0 aromatic rings. The maximum absolute atomic E-state index is 11.4. The van der Waals surface area contributed by atoms with Gasteiger partial charge in [-0.3, -0.25) is 9.69 Å². The second-order valence-corrected chi connectivity index (χ2v) is 5.85. The van der Waals surface area contributed by atoms with Crippen molar-refractivity contribution in [2.45, 2.75) is 51.1 Å². The molecule has 0 aromatic heterocycles. The first-order chi connectivity index (χ1) is 8.02. The fourth-order valence-electron chi connectivity index (χ4n) is 3.26. The van der Waals surface area contributed by atoms with Gasteiger partial charge < -0.3 is 9.84 Å². The quantitative estimate of drug-likeness (QED) is 0.800. The van der Waals surface area contributed by atoms with E-state index in [2.05, 4.69) is 18.7 Å². The summed E-state index contributed by atoms with van der Waals surface area (Å²) in [5, 5.41) is 9.35. The zero-order valence-corrected chi connectivity index (χ0v) is 10.8. The molecule has 1 saturated carbocycles.